The predicted octanol–water partition coefficient (Wildman–Crippen LogP) is 4.62. The molecule has 0 saturated heterocycles. The minimum atomic E-state index is -8.72. The Hall–Kier alpha value is -0.390. The van der Waals surface area contributed by atoms with Crippen LogP contribution in [-0.4, -0.2) is 95.0 Å². The van der Waals surface area contributed by atoms with Gasteiger partial charge in [0.1, 0.15) is 0 Å². The van der Waals surface area contributed by atoms with E-state index in [4.69, 9.17) is 17.5 Å². The van der Waals surface area contributed by atoms with E-state index in [0.717, 1.165) is 0 Å². The first kappa shape index (κ1) is 36.2. The van der Waals surface area contributed by atoms with Crippen LogP contribution in [0, 0.1) is 0 Å². The van der Waals surface area contributed by atoms with E-state index in [0.29, 0.717) is 0 Å². The van der Waals surface area contributed by atoms with E-state index in [9.17, 15) is 79.0 Å². The maximum absolute atomic E-state index is 12.8. The van der Waals surface area contributed by atoms with E-state index >= 15 is 0 Å². The number of alkyl halides is 18. The molecular weight excluding hydrogens is 557 g/mol. The Morgan fingerprint density at radius 3 is 0.562 bits per heavy atom. The van der Waals surface area contributed by atoms with Crippen LogP contribution in [0.5, 0.6) is 0 Å². The number of halogens is 18. The SMILES string of the molecule is FC(F)(F)C(F)(F)C(F)(F)C(F)(F)C(F)(F)C(F)(F)C(F)(F)C(F)(F)F.O=S(=O)(O)O.[NaH]. The molecule has 0 bridgehead atoms. The summed E-state index contributed by atoms with van der Waals surface area (Å²) in [6.07, 6.45) is -15.6. The third-order valence-corrected chi connectivity index (χ3v) is 2.68. The molecule has 0 spiro atoms. The summed E-state index contributed by atoms with van der Waals surface area (Å²) >= 11 is 0. The molecule has 2 N–H and O–H groups in total. The van der Waals surface area contributed by atoms with E-state index in [2.05, 4.69) is 0 Å². The van der Waals surface area contributed by atoms with Crippen molar-refractivity contribution in [2.45, 2.75) is 47.9 Å². The van der Waals surface area contributed by atoms with Crippen molar-refractivity contribution in [3.63, 3.8) is 0 Å². The summed E-state index contributed by atoms with van der Waals surface area (Å²) in [6, 6.07) is 0. The molecule has 0 aromatic rings. The molecule has 0 aromatic heterocycles. The van der Waals surface area contributed by atoms with Gasteiger partial charge in [0.15, 0.2) is 0 Å². The van der Waals surface area contributed by atoms with Gasteiger partial charge in [0, 0.05) is 0 Å². The fraction of sp³-hybridized carbons (Fsp3) is 1.00. The molecule has 0 amide bonds. The quantitative estimate of drug-likeness (QED) is 0.293. The second-order valence-electron chi connectivity index (χ2n) is 4.89. The third kappa shape index (κ3) is 6.18. The molecule has 32 heavy (non-hydrogen) atoms. The van der Waals surface area contributed by atoms with Crippen molar-refractivity contribution in [2.75, 3.05) is 0 Å². The zero-order chi connectivity index (χ0) is 26.5. The van der Waals surface area contributed by atoms with E-state index in [1.807, 2.05) is 0 Å². The fourth-order valence-electron chi connectivity index (χ4n) is 1.14. The van der Waals surface area contributed by atoms with Crippen LogP contribution in [0.3, 0.4) is 0 Å². The van der Waals surface area contributed by atoms with Crippen LogP contribution < -0.4 is 0 Å². The van der Waals surface area contributed by atoms with Gasteiger partial charge >= 0.3 is 87.8 Å². The van der Waals surface area contributed by atoms with Crippen LogP contribution in [0.25, 0.3) is 0 Å². The second kappa shape index (κ2) is 9.34. The number of rotatable bonds is 5. The van der Waals surface area contributed by atoms with Gasteiger partial charge in [0.05, 0.1) is 0 Å². The standard InChI is InChI=1S/C8F18.Na.H2O4S.H/c9-1(10,3(13,14)5(17,18)7(21,22)23)2(11,12)4(15,16)6(19,20)8(24,25)26;;1-5(2,3)4;/h;;(H2,1,2,3,4);. The summed E-state index contributed by atoms with van der Waals surface area (Å²) in [6.45, 7) is 0. The van der Waals surface area contributed by atoms with Crippen molar-refractivity contribution in [1.29, 1.82) is 0 Å². The summed E-state index contributed by atoms with van der Waals surface area (Å²) in [5, 5.41) is 0. The maximum atomic E-state index is 12.8. The predicted molar refractivity (Wildman–Crippen MR) is 63.1 cm³/mol. The molecule has 192 valence electrons. The van der Waals surface area contributed by atoms with Crippen LogP contribution in [0.2, 0.25) is 0 Å². The molecule has 4 nitrogen and oxygen atoms in total. The normalized spacial score (nSPS) is 15.5. The van der Waals surface area contributed by atoms with Gasteiger partial charge in [-0.1, -0.05) is 0 Å². The Bertz CT molecular complexity index is 681. The molecule has 0 aliphatic carbocycles. The van der Waals surface area contributed by atoms with Crippen molar-refractivity contribution in [3.05, 3.63) is 0 Å². The van der Waals surface area contributed by atoms with Crippen LogP contribution in [0.4, 0.5) is 79.0 Å². The van der Waals surface area contributed by atoms with Crippen molar-refractivity contribution in [3.8, 4) is 0 Å². The Morgan fingerprint density at radius 1 is 0.375 bits per heavy atom. The van der Waals surface area contributed by atoms with Gasteiger partial charge < -0.3 is 0 Å². The molecule has 0 fully saturated rings. The first-order chi connectivity index (χ1) is 12.8. The zero-order valence-electron chi connectivity index (χ0n) is 12.9. The summed E-state index contributed by atoms with van der Waals surface area (Å²) in [5.74, 6) is -51.0. The average molecular weight is 560 g/mol. The molecular formula is C8H3F18NaO4S. The first-order valence-corrected chi connectivity index (χ1v) is 7.25. The van der Waals surface area contributed by atoms with Gasteiger partial charge in [0.25, 0.3) is 0 Å². The summed E-state index contributed by atoms with van der Waals surface area (Å²) in [5.41, 5.74) is 0. The van der Waals surface area contributed by atoms with Gasteiger partial charge in [-0.25, -0.2) is 0 Å². The molecule has 0 radical (unpaired) electrons. The molecule has 0 aromatic carbocycles. The van der Waals surface area contributed by atoms with E-state index in [1.54, 1.807) is 0 Å². The molecule has 0 unspecified atom stereocenters. The molecule has 0 saturated carbocycles. The topological polar surface area (TPSA) is 74.6 Å². The Labute approximate surface area is 184 Å². The number of hydrogen-bond acceptors (Lipinski definition) is 2. The first-order valence-electron chi connectivity index (χ1n) is 5.85. The Balaban J connectivity index is -0.00000125. The second-order valence-corrected chi connectivity index (χ2v) is 5.79. The van der Waals surface area contributed by atoms with Gasteiger partial charge in [-0.3, -0.25) is 9.11 Å². The van der Waals surface area contributed by atoms with Crippen LogP contribution in [0.15, 0.2) is 0 Å². The Kier molecular flexibility index (Phi) is 10.6. The van der Waals surface area contributed by atoms with E-state index in [-0.39, 0.29) is 29.6 Å². The van der Waals surface area contributed by atoms with Crippen LogP contribution in [0.1, 0.15) is 0 Å². The van der Waals surface area contributed by atoms with E-state index in [1.165, 1.54) is 0 Å². The minimum absolute atomic E-state index is 0. The number of hydrogen-bond donors (Lipinski definition) is 2. The van der Waals surface area contributed by atoms with Crippen molar-refractivity contribution < 1.29 is 96.6 Å². The summed E-state index contributed by atoms with van der Waals surface area (Å²) in [4.78, 5) is 0. The van der Waals surface area contributed by atoms with Crippen molar-refractivity contribution in [1.82, 2.24) is 0 Å². The average Bonchev–Trinajstić information content (AvgIpc) is 2.41. The third-order valence-electron chi connectivity index (χ3n) is 2.68. The van der Waals surface area contributed by atoms with Crippen molar-refractivity contribution >= 4 is 40.0 Å². The Morgan fingerprint density at radius 2 is 0.469 bits per heavy atom. The molecule has 24 heteroatoms. The monoisotopic (exact) mass is 560 g/mol. The molecule has 0 heterocycles. The summed E-state index contributed by atoms with van der Waals surface area (Å²) < 4.78 is 252. The molecule has 0 atom stereocenters. The molecule has 0 aliphatic rings. The molecule has 0 rings (SSSR count). The van der Waals surface area contributed by atoms with Gasteiger partial charge in [-0.05, 0) is 0 Å². The van der Waals surface area contributed by atoms with Crippen molar-refractivity contribution in [2.24, 2.45) is 0 Å². The fourth-order valence-corrected chi connectivity index (χ4v) is 1.14. The molecule has 0 aliphatic heterocycles. The van der Waals surface area contributed by atoms with E-state index < -0.39 is 58.3 Å². The summed E-state index contributed by atoms with van der Waals surface area (Å²) in [7, 11) is -4.67. The van der Waals surface area contributed by atoms with Gasteiger partial charge in [-0.15, -0.1) is 0 Å². The van der Waals surface area contributed by atoms with Crippen LogP contribution in [-0.2, 0) is 10.4 Å². The zero-order valence-corrected chi connectivity index (χ0v) is 13.7. The van der Waals surface area contributed by atoms with Crippen LogP contribution >= 0.6 is 0 Å². The van der Waals surface area contributed by atoms with Gasteiger partial charge in [-0.2, -0.15) is 87.4 Å². The van der Waals surface area contributed by atoms with Gasteiger partial charge in [0.2, 0.25) is 0 Å².